The van der Waals surface area contributed by atoms with E-state index >= 15 is 0 Å². The Morgan fingerprint density at radius 2 is 0.714 bits per heavy atom. The average molecular weight is 351 g/mol. The Labute approximate surface area is 85.8 Å². The summed E-state index contributed by atoms with van der Waals surface area (Å²) >= 11 is -3.06. The number of rotatable bonds is 0. The Kier molecular flexibility index (Phi) is 16.9. The van der Waals surface area contributed by atoms with Crippen molar-refractivity contribution in [3.63, 3.8) is 0 Å². The summed E-state index contributed by atoms with van der Waals surface area (Å²) in [5.74, 6) is 0. The molecule has 0 aliphatic heterocycles. The molecule has 0 aromatic rings. The summed E-state index contributed by atoms with van der Waals surface area (Å²) in [6.45, 7) is 0. The molecule has 0 heterocycles. The first kappa shape index (κ1) is 16.6. The third-order valence-electron chi connectivity index (χ3n) is 0. The van der Waals surface area contributed by atoms with Gasteiger partial charge in [-0.3, -0.25) is 0 Å². The Hall–Kier alpha value is 3.04. The van der Waals surface area contributed by atoms with Gasteiger partial charge in [-0.05, 0) is 0 Å². The molecule has 0 amide bonds. The zero-order chi connectivity index (χ0) is 4.50. The van der Waals surface area contributed by atoms with Gasteiger partial charge in [0, 0.05) is 0 Å². The van der Waals surface area contributed by atoms with Crippen LogP contribution >= 0.6 is 37.7 Å². The molecule has 0 fully saturated rings. The maximum Gasteiger partial charge on any atom is 1.00 e. The van der Waals surface area contributed by atoms with E-state index in [0.717, 1.165) is 0 Å². The minimum atomic E-state index is -3.06. The van der Waals surface area contributed by atoms with Crippen molar-refractivity contribution in [2.45, 2.75) is 0 Å². The van der Waals surface area contributed by atoms with Gasteiger partial charge < -0.3 is 0 Å². The molecular weight excluding hydrogens is 351 g/mol. The molecule has 0 rings (SSSR count). The van der Waals surface area contributed by atoms with Crippen LogP contribution in [0.3, 0.4) is 0 Å². The summed E-state index contributed by atoms with van der Waals surface area (Å²) in [7, 11) is 20.0. The summed E-state index contributed by atoms with van der Waals surface area (Å²) < 4.78 is 0. The maximum absolute atomic E-state index is 5.01. The van der Waals surface area contributed by atoms with Crippen LogP contribution in [-0.2, 0) is 11.9 Å². The van der Waals surface area contributed by atoms with Gasteiger partial charge in [0.25, 0.3) is 0 Å². The number of hydrogen-bond acceptors (Lipinski definition) is 0. The molecule has 0 bridgehead atoms. The molecule has 0 unspecified atom stereocenters. The molecular formula is Cl4Li2Pt. The molecule has 0 N–H and O–H groups in total. The molecule has 0 nitrogen and oxygen atoms in total. The van der Waals surface area contributed by atoms with Crippen molar-refractivity contribution in [1.82, 2.24) is 0 Å². The molecule has 7 heteroatoms. The Balaban J connectivity index is -0.0000000800. The first-order chi connectivity index (χ1) is 2.00. The van der Waals surface area contributed by atoms with Gasteiger partial charge >= 0.3 is 87.3 Å². The molecule has 0 saturated heterocycles. The quantitative estimate of drug-likeness (QED) is 0.403. The van der Waals surface area contributed by atoms with Crippen molar-refractivity contribution in [3.05, 3.63) is 0 Å². The van der Waals surface area contributed by atoms with Crippen LogP contribution in [0.4, 0.5) is 0 Å². The van der Waals surface area contributed by atoms with Gasteiger partial charge in [0.15, 0.2) is 0 Å². The van der Waals surface area contributed by atoms with Crippen LogP contribution < -0.4 is 37.7 Å². The maximum atomic E-state index is 5.01. The molecule has 0 aromatic heterocycles. The predicted octanol–water partition coefficient (Wildman–Crippen LogP) is -3.24. The zero-order valence-electron chi connectivity index (χ0n) is 3.83. The van der Waals surface area contributed by atoms with Crippen molar-refractivity contribution < 1.29 is 49.6 Å². The summed E-state index contributed by atoms with van der Waals surface area (Å²) in [5, 5.41) is 0. The first-order valence-electron chi connectivity index (χ1n) is 0.478. The van der Waals surface area contributed by atoms with E-state index in [2.05, 4.69) is 0 Å². The van der Waals surface area contributed by atoms with Crippen LogP contribution in [0.5, 0.6) is 0 Å². The van der Waals surface area contributed by atoms with E-state index in [0.29, 0.717) is 0 Å². The van der Waals surface area contributed by atoms with Gasteiger partial charge in [0.2, 0.25) is 0 Å². The second-order valence-corrected chi connectivity index (χ2v) is 20.0. The van der Waals surface area contributed by atoms with Crippen molar-refractivity contribution in [3.8, 4) is 0 Å². The monoisotopic (exact) mass is 349 g/mol. The molecule has 0 saturated carbocycles. The summed E-state index contributed by atoms with van der Waals surface area (Å²) in [5.41, 5.74) is 0. The topological polar surface area (TPSA) is 0 Å². The molecule has 7 heavy (non-hydrogen) atoms. The molecule has 0 radical (unpaired) electrons. The van der Waals surface area contributed by atoms with Gasteiger partial charge in [-0.2, -0.15) is 0 Å². The number of hydrogen-bond donors (Lipinski definition) is 0. The molecule has 0 aliphatic rings. The van der Waals surface area contributed by atoms with Crippen LogP contribution in [0, 0.1) is 0 Å². The summed E-state index contributed by atoms with van der Waals surface area (Å²) in [6.07, 6.45) is 0. The van der Waals surface area contributed by atoms with Crippen molar-refractivity contribution in [1.29, 1.82) is 0 Å². The van der Waals surface area contributed by atoms with Crippen LogP contribution in [0.15, 0.2) is 0 Å². The van der Waals surface area contributed by atoms with Gasteiger partial charge in [0.05, 0.1) is 0 Å². The predicted molar refractivity (Wildman–Crippen MR) is 23.4 cm³/mol. The second-order valence-electron chi connectivity index (χ2n) is 0.271. The largest absolute Gasteiger partial charge is 1.00 e. The van der Waals surface area contributed by atoms with Gasteiger partial charge in [-0.25, -0.2) is 0 Å². The minimum absolute atomic E-state index is 0. The van der Waals surface area contributed by atoms with E-state index in [-0.39, 0.29) is 37.7 Å². The summed E-state index contributed by atoms with van der Waals surface area (Å²) in [4.78, 5) is 0. The van der Waals surface area contributed by atoms with Crippen molar-refractivity contribution in [2.24, 2.45) is 0 Å². The van der Waals surface area contributed by atoms with Gasteiger partial charge in [-0.1, -0.05) is 0 Å². The Morgan fingerprint density at radius 1 is 0.714 bits per heavy atom. The molecule has 0 aliphatic carbocycles. The van der Waals surface area contributed by atoms with Crippen LogP contribution in [0.25, 0.3) is 0 Å². The van der Waals surface area contributed by atoms with E-state index in [1.54, 1.807) is 0 Å². The van der Waals surface area contributed by atoms with Gasteiger partial charge in [0.1, 0.15) is 0 Å². The SMILES string of the molecule is [Cl][Pt-2]([Cl])([Cl])[Cl].[Li+].[Li+]. The third kappa shape index (κ3) is 48.4. The minimum Gasteiger partial charge on any atom is 1.00 e. The fraction of sp³-hybridized carbons (Fsp3) is 0. The van der Waals surface area contributed by atoms with E-state index < -0.39 is 11.9 Å². The fourth-order valence-corrected chi connectivity index (χ4v) is 0. The van der Waals surface area contributed by atoms with E-state index in [1.165, 1.54) is 0 Å². The molecule has 0 atom stereocenters. The number of halogens is 4. The summed E-state index contributed by atoms with van der Waals surface area (Å²) in [6, 6.07) is 0. The molecule has 0 spiro atoms. The average Bonchev–Trinajstić information content (AvgIpc) is 0.722. The zero-order valence-corrected chi connectivity index (χ0v) is 9.12. The smallest absolute Gasteiger partial charge is 1.00 e. The fourth-order valence-electron chi connectivity index (χ4n) is 0. The van der Waals surface area contributed by atoms with Crippen LogP contribution in [-0.4, -0.2) is 0 Å². The van der Waals surface area contributed by atoms with E-state index in [4.69, 9.17) is 37.7 Å². The van der Waals surface area contributed by atoms with E-state index in [9.17, 15) is 0 Å². The van der Waals surface area contributed by atoms with Crippen LogP contribution in [0.2, 0.25) is 0 Å². The normalized spacial score (nSPS) is 10.9. The van der Waals surface area contributed by atoms with E-state index in [1.807, 2.05) is 0 Å². The Morgan fingerprint density at radius 3 is 0.714 bits per heavy atom. The van der Waals surface area contributed by atoms with Crippen molar-refractivity contribution >= 4 is 37.7 Å². The third-order valence-corrected chi connectivity index (χ3v) is 0. The second kappa shape index (κ2) is 7.15. The molecule has 40 valence electrons. The van der Waals surface area contributed by atoms with Crippen molar-refractivity contribution in [2.75, 3.05) is 0 Å². The van der Waals surface area contributed by atoms with Gasteiger partial charge in [-0.15, -0.1) is 0 Å². The van der Waals surface area contributed by atoms with Crippen LogP contribution in [0.1, 0.15) is 0 Å². The first-order valence-corrected chi connectivity index (χ1v) is 11.7. The Bertz CT molecular complexity index is 25.2. The standard InChI is InChI=1S/4ClH.2Li.Pt/h4*1H;;;/q;;;;2*+1;+2/p-4. The molecule has 0 aromatic carbocycles.